The number of rotatable bonds is 4. The molecule has 0 aliphatic carbocycles. The molecule has 5 heterocycles. The monoisotopic (exact) mass is 485 g/mol. The van der Waals surface area contributed by atoms with Gasteiger partial charge in [0.2, 0.25) is 5.95 Å². The number of H-pyrrole nitrogens is 1. The molecular formula is C24H26F3N7O. The van der Waals surface area contributed by atoms with Crippen LogP contribution in [0.4, 0.5) is 19.1 Å². The second-order valence-corrected chi connectivity index (χ2v) is 9.79. The number of pyridine rings is 1. The molecule has 1 atom stereocenters. The molecule has 3 N–H and O–H groups in total. The van der Waals surface area contributed by atoms with Gasteiger partial charge in [0.1, 0.15) is 17.0 Å². The number of halogens is 3. The van der Waals surface area contributed by atoms with Crippen LogP contribution in [-0.2, 0) is 6.18 Å². The molecule has 5 rings (SSSR count). The highest BCUT2D eigenvalue weighted by Gasteiger charge is 2.36. The topological polar surface area (TPSA) is 105 Å². The molecule has 11 heteroatoms. The number of fused-ring (bicyclic) bond motifs is 1. The molecule has 0 radical (unpaired) electrons. The quantitative estimate of drug-likeness (QED) is 0.369. The lowest BCUT2D eigenvalue weighted by Crippen LogP contribution is -2.47. The molecular weight excluding hydrogens is 459 g/mol. The lowest BCUT2D eigenvalue weighted by Gasteiger charge is -2.36. The molecule has 1 aliphatic rings. The molecule has 0 aromatic carbocycles. The maximum absolute atomic E-state index is 13.9. The summed E-state index contributed by atoms with van der Waals surface area (Å²) in [6.45, 7) is 9.44. The highest BCUT2D eigenvalue weighted by Crippen LogP contribution is 2.39. The van der Waals surface area contributed by atoms with Crippen LogP contribution in [0.25, 0.3) is 33.5 Å². The van der Waals surface area contributed by atoms with E-state index >= 15 is 0 Å². The molecule has 8 nitrogen and oxygen atoms in total. The zero-order valence-electron chi connectivity index (χ0n) is 19.8. The minimum Gasteiger partial charge on any atom is -0.361 e. The average Bonchev–Trinajstić information content (AvgIpc) is 3.34. The van der Waals surface area contributed by atoms with Gasteiger partial charge in [-0.05, 0) is 37.8 Å². The van der Waals surface area contributed by atoms with Crippen molar-refractivity contribution in [3.8, 4) is 22.5 Å². The van der Waals surface area contributed by atoms with Crippen molar-refractivity contribution in [2.24, 2.45) is 5.41 Å². The Morgan fingerprint density at radius 1 is 1.17 bits per heavy atom. The van der Waals surface area contributed by atoms with Crippen molar-refractivity contribution >= 4 is 17.0 Å². The Morgan fingerprint density at radius 3 is 2.66 bits per heavy atom. The maximum atomic E-state index is 13.9. The molecule has 0 bridgehead atoms. The van der Waals surface area contributed by atoms with Crippen molar-refractivity contribution in [2.75, 3.05) is 18.4 Å². The van der Waals surface area contributed by atoms with Gasteiger partial charge in [-0.15, -0.1) is 0 Å². The number of hydrogen-bond donors (Lipinski definition) is 3. The highest BCUT2D eigenvalue weighted by molar-refractivity contribution is 5.94. The van der Waals surface area contributed by atoms with Gasteiger partial charge >= 0.3 is 6.18 Å². The highest BCUT2D eigenvalue weighted by atomic mass is 19.4. The van der Waals surface area contributed by atoms with E-state index in [0.717, 1.165) is 24.7 Å². The molecule has 1 fully saturated rings. The summed E-state index contributed by atoms with van der Waals surface area (Å²) in [5.41, 5.74) is 1.78. The molecule has 35 heavy (non-hydrogen) atoms. The predicted molar refractivity (Wildman–Crippen MR) is 126 cm³/mol. The van der Waals surface area contributed by atoms with Crippen LogP contribution in [0.2, 0.25) is 0 Å². The first kappa shape index (κ1) is 23.3. The van der Waals surface area contributed by atoms with Gasteiger partial charge in [0, 0.05) is 42.5 Å². The van der Waals surface area contributed by atoms with Crippen molar-refractivity contribution in [1.82, 2.24) is 30.4 Å². The zero-order valence-corrected chi connectivity index (χ0v) is 19.8. The Balaban J connectivity index is 1.55. The summed E-state index contributed by atoms with van der Waals surface area (Å²) in [6.07, 6.45) is -1.42. The van der Waals surface area contributed by atoms with E-state index in [1.54, 1.807) is 19.1 Å². The summed E-state index contributed by atoms with van der Waals surface area (Å²) in [5, 5.41) is 11.0. The number of alkyl halides is 3. The summed E-state index contributed by atoms with van der Waals surface area (Å²) >= 11 is 0. The standard InChI is InChI=1S/C24H26F3N7O/c1-12-19(13(2)35-34-12)18-6-5-15-16(9-29-21(15)32-18)20-17(24(25,26)27)10-30-22(33-20)31-14-7-23(3,4)11-28-8-14/h5-6,9-10,14,28H,7-8,11H2,1-4H3,(H,29,32)(H,30,31,33)/t14-/m0/s1. The third-order valence-corrected chi connectivity index (χ3v) is 6.30. The zero-order chi connectivity index (χ0) is 25.0. The van der Waals surface area contributed by atoms with Gasteiger partial charge in [0.25, 0.3) is 0 Å². The van der Waals surface area contributed by atoms with Crippen LogP contribution in [0.3, 0.4) is 0 Å². The van der Waals surface area contributed by atoms with Crippen molar-refractivity contribution < 1.29 is 17.7 Å². The fraction of sp³-hybridized carbons (Fsp3) is 0.417. The Bertz CT molecular complexity index is 1370. The first-order valence-corrected chi connectivity index (χ1v) is 11.3. The average molecular weight is 486 g/mol. The molecule has 4 aromatic rings. The van der Waals surface area contributed by atoms with Crippen LogP contribution in [0.5, 0.6) is 0 Å². The first-order chi connectivity index (χ1) is 16.5. The SMILES string of the molecule is Cc1noc(C)c1-c1ccc2c(-c3nc(N[C@@H]4CNCC(C)(C)C4)ncc3C(F)(F)F)c[nH]c2n1. The first-order valence-electron chi connectivity index (χ1n) is 11.3. The van der Waals surface area contributed by atoms with Gasteiger partial charge < -0.3 is 20.1 Å². The molecule has 4 aromatic heterocycles. The lowest BCUT2D eigenvalue weighted by molar-refractivity contribution is -0.137. The van der Waals surface area contributed by atoms with E-state index in [-0.39, 0.29) is 23.1 Å². The molecule has 1 aliphatic heterocycles. The number of aromatic amines is 1. The second-order valence-electron chi connectivity index (χ2n) is 9.79. The smallest absolute Gasteiger partial charge is 0.361 e. The van der Waals surface area contributed by atoms with Crippen LogP contribution >= 0.6 is 0 Å². The van der Waals surface area contributed by atoms with Gasteiger partial charge in [0.15, 0.2) is 0 Å². The van der Waals surface area contributed by atoms with Crippen LogP contribution in [0.1, 0.15) is 37.3 Å². The molecule has 0 spiro atoms. The number of aromatic nitrogens is 5. The van der Waals surface area contributed by atoms with Crippen LogP contribution in [-0.4, -0.2) is 44.2 Å². The third-order valence-electron chi connectivity index (χ3n) is 6.30. The Hall–Kier alpha value is -3.47. The fourth-order valence-electron chi connectivity index (χ4n) is 4.73. The number of piperidine rings is 1. The maximum Gasteiger partial charge on any atom is 0.419 e. The van der Waals surface area contributed by atoms with Gasteiger partial charge in [-0.25, -0.2) is 15.0 Å². The van der Waals surface area contributed by atoms with Gasteiger partial charge in [-0.1, -0.05) is 19.0 Å². The number of nitrogens with one attached hydrogen (secondary N) is 3. The van der Waals surface area contributed by atoms with E-state index < -0.39 is 11.7 Å². The van der Waals surface area contributed by atoms with E-state index in [9.17, 15) is 13.2 Å². The Morgan fingerprint density at radius 2 is 1.97 bits per heavy atom. The lowest BCUT2D eigenvalue weighted by atomic mass is 9.83. The van der Waals surface area contributed by atoms with Crippen molar-refractivity contribution in [2.45, 2.75) is 46.3 Å². The molecule has 0 unspecified atom stereocenters. The van der Waals surface area contributed by atoms with Crippen LogP contribution in [0, 0.1) is 19.3 Å². The van der Waals surface area contributed by atoms with Crippen molar-refractivity contribution in [3.05, 3.63) is 41.5 Å². The van der Waals surface area contributed by atoms with E-state index in [1.807, 2.05) is 6.92 Å². The number of hydrogen-bond acceptors (Lipinski definition) is 7. The summed E-state index contributed by atoms with van der Waals surface area (Å²) in [7, 11) is 0. The largest absolute Gasteiger partial charge is 0.419 e. The van der Waals surface area contributed by atoms with E-state index in [2.05, 4.69) is 49.6 Å². The predicted octanol–water partition coefficient (Wildman–Crippen LogP) is 5.11. The minimum atomic E-state index is -4.62. The van der Waals surface area contributed by atoms with Crippen LogP contribution in [0.15, 0.2) is 29.0 Å². The Labute approximate surface area is 199 Å². The van der Waals surface area contributed by atoms with Crippen LogP contribution < -0.4 is 10.6 Å². The molecule has 1 saturated heterocycles. The second kappa shape index (κ2) is 8.33. The summed E-state index contributed by atoms with van der Waals surface area (Å²) in [5.74, 6) is 0.777. The van der Waals surface area contributed by atoms with Gasteiger partial charge in [-0.3, -0.25) is 0 Å². The molecule has 184 valence electrons. The van der Waals surface area contributed by atoms with E-state index in [4.69, 9.17) is 4.52 Å². The number of aryl methyl sites for hydroxylation is 2. The van der Waals surface area contributed by atoms with Crippen molar-refractivity contribution in [3.63, 3.8) is 0 Å². The van der Waals surface area contributed by atoms with Gasteiger partial charge in [0.05, 0.1) is 22.6 Å². The van der Waals surface area contributed by atoms with E-state index in [0.29, 0.717) is 40.3 Å². The molecule has 0 amide bonds. The summed E-state index contributed by atoms with van der Waals surface area (Å²) in [6, 6.07) is 3.49. The normalized spacial score (nSPS) is 18.2. The van der Waals surface area contributed by atoms with E-state index in [1.165, 1.54) is 6.20 Å². The summed E-state index contributed by atoms with van der Waals surface area (Å²) < 4.78 is 47.0. The van der Waals surface area contributed by atoms with Crippen molar-refractivity contribution in [1.29, 1.82) is 0 Å². The fourth-order valence-corrected chi connectivity index (χ4v) is 4.73. The minimum absolute atomic E-state index is 0.00517. The van der Waals surface area contributed by atoms with Gasteiger partial charge in [-0.2, -0.15) is 13.2 Å². The number of anilines is 1. The molecule has 0 saturated carbocycles. The third kappa shape index (κ3) is 4.47. The Kier molecular flexibility index (Phi) is 5.54. The number of nitrogens with zero attached hydrogens (tertiary/aromatic N) is 4. The summed E-state index contributed by atoms with van der Waals surface area (Å²) in [4.78, 5) is 15.9.